The summed E-state index contributed by atoms with van der Waals surface area (Å²) < 4.78 is 1.79. The standard InChI is InChI=1S/C9H7N3.C2H6/c1-7-2-3-9-11-5-8(4-10)12(9)6-7;1-2/h2-3,5-6H,1H3;1-2H3. The van der Waals surface area contributed by atoms with E-state index in [2.05, 4.69) is 11.1 Å². The number of nitrogens with zero attached hydrogens (tertiary/aromatic N) is 3. The summed E-state index contributed by atoms with van der Waals surface area (Å²) in [6.45, 7) is 5.99. The molecule has 0 aromatic carbocycles. The number of hydrogen-bond acceptors (Lipinski definition) is 2. The molecule has 0 N–H and O–H groups in total. The molecule has 0 aliphatic heterocycles. The Hall–Kier alpha value is -1.82. The van der Waals surface area contributed by atoms with Gasteiger partial charge in [-0.15, -0.1) is 0 Å². The Balaban J connectivity index is 0.000000461. The second kappa shape index (κ2) is 4.43. The van der Waals surface area contributed by atoms with Crippen molar-refractivity contribution in [3.05, 3.63) is 35.8 Å². The van der Waals surface area contributed by atoms with Crippen molar-refractivity contribution in [1.29, 1.82) is 5.26 Å². The molecule has 2 rings (SSSR count). The van der Waals surface area contributed by atoms with E-state index < -0.39 is 0 Å². The molecular weight excluding hydrogens is 174 g/mol. The SMILES string of the molecule is CC.Cc1ccc2ncc(C#N)n2c1. The highest BCUT2D eigenvalue weighted by Crippen LogP contribution is 2.06. The largest absolute Gasteiger partial charge is 0.291 e. The van der Waals surface area contributed by atoms with Crippen LogP contribution in [0.5, 0.6) is 0 Å². The van der Waals surface area contributed by atoms with E-state index in [4.69, 9.17) is 5.26 Å². The summed E-state index contributed by atoms with van der Waals surface area (Å²) >= 11 is 0. The second-order valence-electron chi connectivity index (χ2n) is 2.69. The summed E-state index contributed by atoms with van der Waals surface area (Å²) in [6, 6.07) is 5.95. The summed E-state index contributed by atoms with van der Waals surface area (Å²) in [6.07, 6.45) is 3.48. The monoisotopic (exact) mass is 187 g/mol. The first-order valence-electron chi connectivity index (χ1n) is 4.65. The Morgan fingerprint density at radius 1 is 1.36 bits per heavy atom. The van der Waals surface area contributed by atoms with Gasteiger partial charge in [-0.25, -0.2) is 4.98 Å². The Bertz CT molecular complexity index is 463. The molecule has 72 valence electrons. The molecule has 14 heavy (non-hydrogen) atoms. The fraction of sp³-hybridized carbons (Fsp3) is 0.273. The second-order valence-corrected chi connectivity index (χ2v) is 2.69. The molecular formula is C11H13N3. The zero-order valence-corrected chi connectivity index (χ0v) is 8.65. The third-order valence-corrected chi connectivity index (χ3v) is 1.77. The van der Waals surface area contributed by atoms with Gasteiger partial charge in [0.1, 0.15) is 17.4 Å². The molecule has 2 aromatic heterocycles. The van der Waals surface area contributed by atoms with Gasteiger partial charge >= 0.3 is 0 Å². The van der Waals surface area contributed by atoms with Crippen molar-refractivity contribution in [2.24, 2.45) is 0 Å². The maximum absolute atomic E-state index is 8.70. The first kappa shape index (κ1) is 10.3. The van der Waals surface area contributed by atoms with E-state index in [1.807, 2.05) is 39.1 Å². The highest BCUT2D eigenvalue weighted by molar-refractivity contribution is 5.44. The van der Waals surface area contributed by atoms with Crippen LogP contribution >= 0.6 is 0 Å². The van der Waals surface area contributed by atoms with Gasteiger partial charge in [-0.1, -0.05) is 19.9 Å². The average Bonchev–Trinajstić information content (AvgIpc) is 2.63. The molecule has 0 fully saturated rings. The van der Waals surface area contributed by atoms with E-state index in [9.17, 15) is 0 Å². The molecule has 0 unspecified atom stereocenters. The number of rotatable bonds is 0. The van der Waals surface area contributed by atoms with Gasteiger partial charge in [-0.05, 0) is 18.6 Å². The topological polar surface area (TPSA) is 41.1 Å². The Morgan fingerprint density at radius 3 is 2.71 bits per heavy atom. The molecule has 0 amide bonds. The Morgan fingerprint density at radius 2 is 2.07 bits per heavy atom. The minimum atomic E-state index is 0.578. The van der Waals surface area contributed by atoms with Crippen molar-refractivity contribution in [2.75, 3.05) is 0 Å². The van der Waals surface area contributed by atoms with Crippen molar-refractivity contribution in [1.82, 2.24) is 9.38 Å². The first-order chi connectivity index (χ1) is 6.81. The average molecular weight is 187 g/mol. The lowest BCUT2D eigenvalue weighted by Crippen LogP contribution is -1.88. The third kappa shape index (κ3) is 1.74. The molecule has 0 bridgehead atoms. The summed E-state index contributed by atoms with van der Waals surface area (Å²) in [5.74, 6) is 0. The third-order valence-electron chi connectivity index (χ3n) is 1.77. The van der Waals surface area contributed by atoms with Gasteiger partial charge in [0.25, 0.3) is 0 Å². The zero-order valence-electron chi connectivity index (χ0n) is 8.65. The van der Waals surface area contributed by atoms with Crippen molar-refractivity contribution in [3.8, 4) is 6.07 Å². The van der Waals surface area contributed by atoms with Crippen molar-refractivity contribution >= 4 is 5.65 Å². The molecule has 0 aliphatic rings. The lowest BCUT2D eigenvalue weighted by molar-refractivity contribution is 1.13. The van der Waals surface area contributed by atoms with Crippen LogP contribution in [0.3, 0.4) is 0 Å². The first-order valence-corrected chi connectivity index (χ1v) is 4.65. The number of pyridine rings is 1. The van der Waals surface area contributed by atoms with Gasteiger partial charge < -0.3 is 0 Å². The van der Waals surface area contributed by atoms with Gasteiger partial charge in [-0.3, -0.25) is 4.40 Å². The maximum atomic E-state index is 8.70. The zero-order chi connectivity index (χ0) is 10.6. The van der Waals surface area contributed by atoms with Crippen LogP contribution in [-0.4, -0.2) is 9.38 Å². The molecule has 0 spiro atoms. The summed E-state index contributed by atoms with van der Waals surface area (Å²) in [5, 5.41) is 8.70. The van der Waals surface area contributed by atoms with E-state index in [1.165, 1.54) is 0 Å². The normalized spacial score (nSPS) is 9.00. The van der Waals surface area contributed by atoms with Crippen LogP contribution in [0.25, 0.3) is 5.65 Å². The highest BCUT2D eigenvalue weighted by Gasteiger charge is 2.00. The van der Waals surface area contributed by atoms with Crippen LogP contribution in [0.1, 0.15) is 25.1 Å². The van der Waals surface area contributed by atoms with Crippen molar-refractivity contribution in [3.63, 3.8) is 0 Å². The van der Waals surface area contributed by atoms with Crippen LogP contribution in [0, 0.1) is 18.3 Å². The van der Waals surface area contributed by atoms with Gasteiger partial charge in [0, 0.05) is 6.20 Å². The molecule has 0 atom stereocenters. The lowest BCUT2D eigenvalue weighted by Gasteiger charge is -1.95. The van der Waals surface area contributed by atoms with Gasteiger partial charge in [0.15, 0.2) is 0 Å². The summed E-state index contributed by atoms with van der Waals surface area (Å²) in [5.41, 5.74) is 2.52. The van der Waals surface area contributed by atoms with Gasteiger partial charge in [0.05, 0.1) is 6.20 Å². The molecule has 3 heteroatoms. The van der Waals surface area contributed by atoms with E-state index in [0.29, 0.717) is 5.69 Å². The number of aryl methyl sites for hydroxylation is 1. The number of fused-ring (bicyclic) bond motifs is 1. The van der Waals surface area contributed by atoms with Crippen LogP contribution in [0.15, 0.2) is 24.5 Å². The van der Waals surface area contributed by atoms with E-state index in [-0.39, 0.29) is 0 Å². The lowest BCUT2D eigenvalue weighted by atomic mass is 10.3. The van der Waals surface area contributed by atoms with Crippen LogP contribution in [-0.2, 0) is 0 Å². The summed E-state index contributed by atoms with van der Waals surface area (Å²) in [7, 11) is 0. The fourth-order valence-corrected chi connectivity index (χ4v) is 1.17. The van der Waals surface area contributed by atoms with E-state index in [0.717, 1.165) is 11.2 Å². The number of hydrogen-bond donors (Lipinski definition) is 0. The predicted molar refractivity (Wildman–Crippen MR) is 56.0 cm³/mol. The Labute approximate surface area is 83.6 Å². The summed E-state index contributed by atoms with van der Waals surface area (Å²) in [4.78, 5) is 4.07. The molecule has 0 radical (unpaired) electrons. The number of aromatic nitrogens is 2. The van der Waals surface area contributed by atoms with Crippen LogP contribution in [0.4, 0.5) is 0 Å². The highest BCUT2D eigenvalue weighted by atomic mass is 15.0. The molecule has 0 aliphatic carbocycles. The van der Waals surface area contributed by atoms with Crippen LogP contribution in [0.2, 0.25) is 0 Å². The Kier molecular flexibility index (Phi) is 3.24. The fourth-order valence-electron chi connectivity index (χ4n) is 1.17. The molecule has 3 nitrogen and oxygen atoms in total. The quantitative estimate of drug-likeness (QED) is 0.636. The van der Waals surface area contributed by atoms with E-state index >= 15 is 0 Å². The van der Waals surface area contributed by atoms with Crippen molar-refractivity contribution in [2.45, 2.75) is 20.8 Å². The van der Waals surface area contributed by atoms with Gasteiger partial charge in [-0.2, -0.15) is 5.26 Å². The maximum Gasteiger partial charge on any atom is 0.144 e. The minimum absolute atomic E-state index is 0.578. The van der Waals surface area contributed by atoms with Gasteiger partial charge in [0.2, 0.25) is 0 Å². The van der Waals surface area contributed by atoms with Crippen LogP contribution < -0.4 is 0 Å². The molecule has 2 heterocycles. The smallest absolute Gasteiger partial charge is 0.144 e. The predicted octanol–water partition coefficient (Wildman–Crippen LogP) is 2.54. The molecule has 0 saturated heterocycles. The minimum Gasteiger partial charge on any atom is -0.291 e. The number of imidazole rings is 1. The molecule has 0 saturated carbocycles. The molecule has 2 aromatic rings. The van der Waals surface area contributed by atoms with Crippen molar-refractivity contribution < 1.29 is 0 Å². The number of nitriles is 1. The van der Waals surface area contributed by atoms with E-state index in [1.54, 1.807) is 10.6 Å².